The van der Waals surface area contributed by atoms with E-state index in [1.807, 2.05) is 48.5 Å². The fourth-order valence-electron chi connectivity index (χ4n) is 2.83. The average molecular weight is 377 g/mol. The Morgan fingerprint density at radius 3 is 2.54 bits per heavy atom. The first-order chi connectivity index (χ1) is 13.6. The van der Waals surface area contributed by atoms with Gasteiger partial charge in [-0.1, -0.05) is 30.3 Å². The van der Waals surface area contributed by atoms with Crippen LogP contribution in [0.1, 0.15) is 15.9 Å². The second kappa shape index (κ2) is 8.90. The summed E-state index contributed by atoms with van der Waals surface area (Å²) in [6.45, 7) is 0.536. The van der Waals surface area contributed by atoms with E-state index in [1.54, 1.807) is 44.5 Å². The molecule has 3 aromatic rings. The Balaban J connectivity index is 1.78. The number of aromatic nitrogens is 1. The second-order valence-electron chi connectivity index (χ2n) is 6.27. The molecule has 6 heteroatoms. The van der Waals surface area contributed by atoms with E-state index in [2.05, 4.69) is 10.3 Å². The monoisotopic (exact) mass is 377 g/mol. The third-order valence-corrected chi connectivity index (χ3v) is 4.29. The van der Waals surface area contributed by atoms with Crippen LogP contribution in [-0.2, 0) is 6.54 Å². The molecule has 1 N–H and O–H groups in total. The van der Waals surface area contributed by atoms with Gasteiger partial charge in [0.2, 0.25) is 0 Å². The summed E-state index contributed by atoms with van der Waals surface area (Å²) in [6.07, 6.45) is 1.61. The summed E-state index contributed by atoms with van der Waals surface area (Å²) in [6, 6.07) is 18.7. The molecule has 1 aromatic heterocycles. The molecule has 0 aliphatic carbocycles. The maximum Gasteiger partial charge on any atom is 0.254 e. The van der Waals surface area contributed by atoms with E-state index in [1.165, 1.54) is 0 Å². The molecule has 3 rings (SSSR count). The molecule has 0 spiro atoms. The van der Waals surface area contributed by atoms with Gasteiger partial charge in [-0.3, -0.25) is 4.79 Å². The van der Waals surface area contributed by atoms with Gasteiger partial charge in [0.1, 0.15) is 17.3 Å². The number of anilines is 2. The molecule has 0 atom stereocenters. The zero-order valence-electron chi connectivity index (χ0n) is 16.2. The molecule has 0 fully saturated rings. The minimum Gasteiger partial charge on any atom is -0.497 e. The predicted octanol–water partition coefficient (Wildman–Crippen LogP) is 4.11. The molecule has 0 radical (unpaired) electrons. The Hall–Kier alpha value is -3.54. The summed E-state index contributed by atoms with van der Waals surface area (Å²) in [5, 5.41) is 3.20. The molecule has 0 unspecified atom stereocenters. The molecular formula is C22H23N3O3. The number of methoxy groups -OCH3 is 2. The molecule has 28 heavy (non-hydrogen) atoms. The topological polar surface area (TPSA) is 63.7 Å². The molecule has 0 saturated heterocycles. The largest absolute Gasteiger partial charge is 0.497 e. The lowest BCUT2D eigenvalue weighted by molar-refractivity contribution is 0.0785. The van der Waals surface area contributed by atoms with Crippen molar-refractivity contribution >= 4 is 17.4 Å². The number of hydrogen-bond donors (Lipinski definition) is 1. The van der Waals surface area contributed by atoms with Gasteiger partial charge in [-0.2, -0.15) is 0 Å². The van der Waals surface area contributed by atoms with Crippen LogP contribution < -0.4 is 14.8 Å². The standard InChI is InChI=1S/C22H23N3O3/c1-25(15-16-7-5-4-6-8-16)22(26)17-11-12-23-21(13-17)24-19-14-18(27-2)9-10-20(19)28-3/h4-14H,15H2,1-3H3,(H,23,24). The normalized spacial score (nSPS) is 10.2. The molecule has 1 heterocycles. The number of nitrogens with zero attached hydrogens (tertiary/aromatic N) is 2. The van der Waals surface area contributed by atoms with Crippen molar-refractivity contribution in [1.29, 1.82) is 0 Å². The van der Waals surface area contributed by atoms with Crippen molar-refractivity contribution in [3.05, 3.63) is 78.0 Å². The van der Waals surface area contributed by atoms with Gasteiger partial charge in [0, 0.05) is 31.4 Å². The lowest BCUT2D eigenvalue weighted by Gasteiger charge is -2.18. The van der Waals surface area contributed by atoms with Gasteiger partial charge in [-0.25, -0.2) is 4.98 Å². The molecule has 0 aliphatic heterocycles. The Kier molecular flexibility index (Phi) is 6.11. The molecule has 0 bridgehead atoms. The van der Waals surface area contributed by atoms with E-state index in [4.69, 9.17) is 9.47 Å². The Bertz CT molecular complexity index is 945. The summed E-state index contributed by atoms with van der Waals surface area (Å²) in [7, 11) is 4.98. The first kappa shape index (κ1) is 19.2. The van der Waals surface area contributed by atoms with Gasteiger partial charge in [0.15, 0.2) is 0 Å². The molecule has 0 aliphatic rings. The van der Waals surface area contributed by atoms with E-state index in [0.29, 0.717) is 35.1 Å². The van der Waals surface area contributed by atoms with Crippen LogP contribution in [0.15, 0.2) is 66.9 Å². The molecule has 1 amide bonds. The maximum absolute atomic E-state index is 12.8. The highest BCUT2D eigenvalue weighted by molar-refractivity contribution is 5.94. The maximum atomic E-state index is 12.8. The van der Waals surface area contributed by atoms with E-state index in [9.17, 15) is 4.79 Å². The zero-order chi connectivity index (χ0) is 19.9. The highest BCUT2D eigenvalue weighted by Gasteiger charge is 2.14. The molecule has 0 saturated carbocycles. The first-order valence-electron chi connectivity index (χ1n) is 8.85. The summed E-state index contributed by atoms with van der Waals surface area (Å²) in [5.74, 6) is 1.82. The van der Waals surface area contributed by atoms with Gasteiger partial charge in [0.05, 0.1) is 19.9 Å². The van der Waals surface area contributed by atoms with Crippen LogP contribution in [0, 0.1) is 0 Å². The lowest BCUT2D eigenvalue weighted by Crippen LogP contribution is -2.26. The number of benzene rings is 2. The number of nitrogens with one attached hydrogen (secondary N) is 1. The van der Waals surface area contributed by atoms with Gasteiger partial charge in [-0.15, -0.1) is 0 Å². The minimum atomic E-state index is -0.0769. The van der Waals surface area contributed by atoms with Crippen LogP contribution in [-0.4, -0.2) is 37.1 Å². The van der Waals surface area contributed by atoms with Gasteiger partial charge in [-0.05, 0) is 29.8 Å². The minimum absolute atomic E-state index is 0.0769. The molecule has 2 aromatic carbocycles. The summed E-state index contributed by atoms with van der Waals surface area (Å²) in [5.41, 5.74) is 2.33. The number of pyridine rings is 1. The number of hydrogen-bond acceptors (Lipinski definition) is 5. The van der Waals surface area contributed by atoms with Crippen molar-refractivity contribution in [2.24, 2.45) is 0 Å². The molecule has 6 nitrogen and oxygen atoms in total. The predicted molar refractivity (Wildman–Crippen MR) is 109 cm³/mol. The first-order valence-corrected chi connectivity index (χ1v) is 8.85. The highest BCUT2D eigenvalue weighted by atomic mass is 16.5. The lowest BCUT2D eigenvalue weighted by atomic mass is 10.2. The Labute approximate surface area is 164 Å². The fourth-order valence-corrected chi connectivity index (χ4v) is 2.83. The smallest absolute Gasteiger partial charge is 0.254 e. The van der Waals surface area contributed by atoms with Gasteiger partial charge >= 0.3 is 0 Å². The van der Waals surface area contributed by atoms with Crippen LogP contribution in [0.3, 0.4) is 0 Å². The summed E-state index contributed by atoms with van der Waals surface area (Å²) in [4.78, 5) is 18.8. The molecular weight excluding hydrogens is 354 g/mol. The van der Waals surface area contributed by atoms with Crippen LogP contribution in [0.25, 0.3) is 0 Å². The third kappa shape index (κ3) is 4.59. The number of amides is 1. The SMILES string of the molecule is COc1ccc(OC)c(Nc2cc(C(=O)N(C)Cc3ccccc3)ccn2)c1. The third-order valence-electron chi connectivity index (χ3n) is 4.29. The number of carbonyl (C=O) groups excluding carboxylic acids is 1. The Morgan fingerprint density at radius 2 is 1.82 bits per heavy atom. The number of carbonyl (C=O) groups is 1. The van der Waals surface area contributed by atoms with Gasteiger partial charge in [0.25, 0.3) is 5.91 Å². The van der Waals surface area contributed by atoms with Crippen molar-refractivity contribution < 1.29 is 14.3 Å². The van der Waals surface area contributed by atoms with Crippen LogP contribution >= 0.6 is 0 Å². The number of ether oxygens (including phenoxy) is 2. The van der Waals surface area contributed by atoms with Crippen molar-refractivity contribution in [2.75, 3.05) is 26.6 Å². The van der Waals surface area contributed by atoms with E-state index >= 15 is 0 Å². The van der Waals surface area contributed by atoms with Crippen molar-refractivity contribution in [1.82, 2.24) is 9.88 Å². The van der Waals surface area contributed by atoms with Gasteiger partial charge < -0.3 is 19.7 Å². The van der Waals surface area contributed by atoms with Crippen molar-refractivity contribution in [3.63, 3.8) is 0 Å². The quantitative estimate of drug-likeness (QED) is 0.671. The van der Waals surface area contributed by atoms with Crippen LogP contribution in [0.5, 0.6) is 11.5 Å². The fraction of sp³-hybridized carbons (Fsp3) is 0.182. The average Bonchev–Trinajstić information content (AvgIpc) is 2.74. The Morgan fingerprint density at radius 1 is 1.04 bits per heavy atom. The van der Waals surface area contributed by atoms with Crippen LogP contribution in [0.4, 0.5) is 11.5 Å². The second-order valence-corrected chi connectivity index (χ2v) is 6.27. The van der Waals surface area contributed by atoms with Crippen LogP contribution in [0.2, 0.25) is 0 Å². The zero-order valence-corrected chi connectivity index (χ0v) is 16.2. The molecule has 144 valence electrons. The number of rotatable bonds is 7. The summed E-state index contributed by atoms with van der Waals surface area (Å²) >= 11 is 0. The summed E-state index contributed by atoms with van der Waals surface area (Å²) < 4.78 is 10.6. The van der Waals surface area contributed by atoms with E-state index in [-0.39, 0.29) is 5.91 Å². The van der Waals surface area contributed by atoms with E-state index in [0.717, 1.165) is 5.56 Å². The van der Waals surface area contributed by atoms with E-state index < -0.39 is 0 Å². The van der Waals surface area contributed by atoms with Crippen molar-refractivity contribution in [3.8, 4) is 11.5 Å². The van der Waals surface area contributed by atoms with Crippen molar-refractivity contribution in [2.45, 2.75) is 6.54 Å². The highest BCUT2D eigenvalue weighted by Crippen LogP contribution is 2.31.